The first-order valence-corrected chi connectivity index (χ1v) is 12.4. The van der Waals surface area contributed by atoms with Crippen LogP contribution in [0.5, 0.6) is 0 Å². The van der Waals surface area contributed by atoms with Crippen LogP contribution in [0.3, 0.4) is 0 Å². The van der Waals surface area contributed by atoms with E-state index >= 15 is 0 Å². The van der Waals surface area contributed by atoms with E-state index in [0.717, 1.165) is 40.2 Å². The van der Waals surface area contributed by atoms with Gasteiger partial charge in [-0.25, -0.2) is 4.79 Å². The highest BCUT2D eigenvalue weighted by molar-refractivity contribution is 7.99. The molecule has 0 aromatic heterocycles. The highest BCUT2D eigenvalue weighted by Crippen LogP contribution is 2.44. The van der Waals surface area contributed by atoms with Crippen LogP contribution in [0.4, 0.5) is 4.79 Å². The Kier molecular flexibility index (Phi) is 7.54. The molecule has 4 rings (SSSR count). The largest absolute Gasteiger partial charge is 0.481 e. The quantitative estimate of drug-likeness (QED) is 0.519. The number of hydrogen-bond acceptors (Lipinski definition) is 5. The number of alkyl carbamates (subject to hydrolysis) is 1. The molecule has 1 aliphatic heterocycles. The highest BCUT2D eigenvalue weighted by atomic mass is 32.2. The predicted molar refractivity (Wildman–Crippen MR) is 127 cm³/mol. The van der Waals surface area contributed by atoms with Crippen molar-refractivity contribution in [1.82, 2.24) is 10.6 Å². The molecule has 2 aromatic carbocycles. The Labute approximate surface area is 197 Å². The minimum atomic E-state index is -1.02. The summed E-state index contributed by atoms with van der Waals surface area (Å²) in [6.45, 7) is 0.661. The van der Waals surface area contributed by atoms with Gasteiger partial charge in [0.1, 0.15) is 12.6 Å². The molecule has 1 saturated heterocycles. The molecule has 1 fully saturated rings. The number of carboxylic acids is 1. The molecule has 2 amide bonds. The van der Waals surface area contributed by atoms with Crippen molar-refractivity contribution >= 4 is 29.7 Å². The SMILES string of the molecule is O=C(O)CCC(NC(=O)OCC1c2ccccc2-c2ccccc21)C(=O)NCC1CCSC1. The maximum Gasteiger partial charge on any atom is 0.407 e. The van der Waals surface area contributed by atoms with Crippen molar-refractivity contribution in [2.45, 2.75) is 31.2 Å². The van der Waals surface area contributed by atoms with Gasteiger partial charge in [-0.1, -0.05) is 48.5 Å². The summed E-state index contributed by atoms with van der Waals surface area (Å²) in [5.41, 5.74) is 4.46. The number of carbonyl (C=O) groups is 3. The van der Waals surface area contributed by atoms with Gasteiger partial charge in [-0.05, 0) is 52.5 Å². The molecule has 8 heteroatoms. The minimum absolute atomic E-state index is 0.00474. The fraction of sp³-hybridized carbons (Fsp3) is 0.400. The molecule has 3 N–H and O–H groups in total. The molecular formula is C25H28N2O5S. The van der Waals surface area contributed by atoms with Crippen LogP contribution in [0.25, 0.3) is 11.1 Å². The molecule has 0 bridgehead atoms. The molecule has 1 heterocycles. The Balaban J connectivity index is 1.37. The maximum atomic E-state index is 12.7. The van der Waals surface area contributed by atoms with E-state index < -0.39 is 18.1 Å². The van der Waals surface area contributed by atoms with E-state index in [0.29, 0.717) is 12.5 Å². The average molecular weight is 469 g/mol. The number of amides is 2. The molecule has 0 radical (unpaired) electrons. The van der Waals surface area contributed by atoms with Gasteiger partial charge in [0.15, 0.2) is 0 Å². The lowest BCUT2D eigenvalue weighted by atomic mass is 9.98. The average Bonchev–Trinajstić information content (AvgIpc) is 3.45. The van der Waals surface area contributed by atoms with E-state index in [1.165, 1.54) is 0 Å². The second-order valence-electron chi connectivity index (χ2n) is 8.43. The Morgan fingerprint density at radius 1 is 1.06 bits per heavy atom. The predicted octanol–water partition coefficient (Wildman–Crippen LogP) is 3.63. The van der Waals surface area contributed by atoms with Crippen molar-refractivity contribution in [3.63, 3.8) is 0 Å². The fourth-order valence-corrected chi connectivity index (χ4v) is 5.72. The topological polar surface area (TPSA) is 105 Å². The van der Waals surface area contributed by atoms with Gasteiger partial charge in [-0.2, -0.15) is 11.8 Å². The number of nitrogens with one attached hydrogen (secondary N) is 2. The first-order chi connectivity index (χ1) is 16.0. The third-order valence-corrected chi connectivity index (χ3v) is 7.42. The lowest BCUT2D eigenvalue weighted by Gasteiger charge is -2.20. The standard InChI is InChI=1S/C25H28N2O5S/c28-23(29)10-9-22(24(30)26-13-16-11-12-33-15-16)27-25(31)32-14-21-19-7-3-1-5-17(19)18-6-2-4-8-20(18)21/h1-8,16,21-22H,9-15H2,(H,26,30)(H,27,31)(H,28,29). The first kappa shape index (κ1) is 23.2. The van der Waals surface area contributed by atoms with Crippen molar-refractivity contribution in [1.29, 1.82) is 0 Å². The zero-order chi connectivity index (χ0) is 23.2. The second kappa shape index (κ2) is 10.7. The number of carbonyl (C=O) groups excluding carboxylic acids is 2. The maximum absolute atomic E-state index is 12.7. The van der Waals surface area contributed by atoms with Gasteiger partial charge in [0.2, 0.25) is 5.91 Å². The van der Waals surface area contributed by atoms with Crippen molar-refractivity contribution < 1.29 is 24.2 Å². The zero-order valence-corrected chi connectivity index (χ0v) is 19.1. The molecule has 0 spiro atoms. The van der Waals surface area contributed by atoms with E-state index in [9.17, 15) is 14.4 Å². The minimum Gasteiger partial charge on any atom is -0.481 e. The number of carboxylic acid groups (broad SMARTS) is 1. The monoisotopic (exact) mass is 468 g/mol. The Morgan fingerprint density at radius 3 is 2.33 bits per heavy atom. The molecule has 2 aromatic rings. The zero-order valence-electron chi connectivity index (χ0n) is 18.3. The van der Waals surface area contributed by atoms with Gasteiger partial charge in [0.25, 0.3) is 0 Å². The van der Waals surface area contributed by atoms with Crippen molar-refractivity contribution in [3.8, 4) is 11.1 Å². The summed E-state index contributed by atoms with van der Waals surface area (Å²) in [7, 11) is 0. The van der Waals surface area contributed by atoms with Crippen LogP contribution < -0.4 is 10.6 Å². The fourth-order valence-electron chi connectivity index (χ4n) is 4.43. The Morgan fingerprint density at radius 2 is 1.73 bits per heavy atom. The summed E-state index contributed by atoms with van der Waals surface area (Å²) in [4.78, 5) is 36.3. The van der Waals surface area contributed by atoms with Gasteiger partial charge >= 0.3 is 12.1 Å². The van der Waals surface area contributed by atoms with Crippen molar-refractivity contribution in [3.05, 3.63) is 59.7 Å². The van der Waals surface area contributed by atoms with E-state index in [4.69, 9.17) is 9.84 Å². The van der Waals surface area contributed by atoms with Crippen LogP contribution in [-0.4, -0.2) is 53.8 Å². The van der Waals surface area contributed by atoms with Crippen molar-refractivity contribution in [2.24, 2.45) is 5.92 Å². The normalized spacial score (nSPS) is 17.6. The van der Waals surface area contributed by atoms with Crippen molar-refractivity contribution in [2.75, 3.05) is 24.7 Å². The molecule has 0 saturated carbocycles. The molecule has 2 aliphatic rings. The number of ether oxygens (including phenoxy) is 1. The lowest BCUT2D eigenvalue weighted by Crippen LogP contribution is -2.48. The lowest BCUT2D eigenvalue weighted by molar-refractivity contribution is -0.137. The molecule has 33 heavy (non-hydrogen) atoms. The summed E-state index contributed by atoms with van der Waals surface area (Å²) in [6.07, 6.45) is 0.106. The summed E-state index contributed by atoms with van der Waals surface area (Å²) in [5, 5.41) is 14.5. The third-order valence-electron chi connectivity index (χ3n) is 6.19. The van der Waals surface area contributed by atoms with Gasteiger partial charge in [-0.15, -0.1) is 0 Å². The second-order valence-corrected chi connectivity index (χ2v) is 9.58. The van der Waals surface area contributed by atoms with Crippen LogP contribution in [-0.2, 0) is 14.3 Å². The van der Waals surface area contributed by atoms with E-state index in [1.54, 1.807) is 0 Å². The molecular weight excluding hydrogens is 440 g/mol. The molecule has 7 nitrogen and oxygen atoms in total. The molecule has 2 unspecified atom stereocenters. The summed E-state index contributed by atoms with van der Waals surface area (Å²) in [5.74, 6) is 1.01. The van der Waals surface area contributed by atoms with Crippen LogP contribution in [0.2, 0.25) is 0 Å². The number of aliphatic carboxylic acids is 1. The Bertz CT molecular complexity index is 976. The Hall–Kier alpha value is -3.00. The van der Waals surface area contributed by atoms with E-state index in [-0.39, 0.29) is 31.3 Å². The number of thioether (sulfide) groups is 1. The van der Waals surface area contributed by atoms with E-state index in [1.807, 2.05) is 48.2 Å². The number of benzene rings is 2. The molecule has 1 aliphatic carbocycles. The van der Waals surface area contributed by atoms with Gasteiger partial charge in [0, 0.05) is 18.9 Å². The summed E-state index contributed by atoms with van der Waals surface area (Å²) in [6, 6.07) is 15.1. The van der Waals surface area contributed by atoms with Gasteiger partial charge < -0.3 is 20.5 Å². The van der Waals surface area contributed by atoms with Crippen LogP contribution in [0.1, 0.15) is 36.3 Å². The van der Waals surface area contributed by atoms with Gasteiger partial charge in [0.05, 0.1) is 0 Å². The first-order valence-electron chi connectivity index (χ1n) is 11.2. The van der Waals surface area contributed by atoms with E-state index in [2.05, 4.69) is 22.8 Å². The summed E-state index contributed by atoms with van der Waals surface area (Å²) < 4.78 is 5.52. The number of rotatable bonds is 9. The summed E-state index contributed by atoms with van der Waals surface area (Å²) >= 11 is 1.86. The number of fused-ring (bicyclic) bond motifs is 3. The third kappa shape index (κ3) is 5.68. The van der Waals surface area contributed by atoms with Crippen LogP contribution >= 0.6 is 11.8 Å². The van der Waals surface area contributed by atoms with Gasteiger partial charge in [-0.3, -0.25) is 9.59 Å². The highest BCUT2D eigenvalue weighted by Gasteiger charge is 2.30. The molecule has 2 atom stereocenters. The van der Waals surface area contributed by atoms with Crippen LogP contribution in [0.15, 0.2) is 48.5 Å². The smallest absolute Gasteiger partial charge is 0.407 e. The van der Waals surface area contributed by atoms with Crippen LogP contribution in [0, 0.1) is 5.92 Å². The molecule has 174 valence electrons. The number of hydrogen-bond donors (Lipinski definition) is 3.